The van der Waals surface area contributed by atoms with Gasteiger partial charge in [0, 0.05) is 6.04 Å². The number of nitrogens with two attached hydrogens (primary N) is 4. The van der Waals surface area contributed by atoms with E-state index in [-0.39, 0.29) is 5.70 Å². The van der Waals surface area contributed by atoms with Gasteiger partial charge in [-0.1, -0.05) is 42.5 Å². The number of nitrogen functional groups attached to an aromatic ring is 1. The van der Waals surface area contributed by atoms with Crippen molar-refractivity contribution in [1.82, 2.24) is 0 Å². The van der Waals surface area contributed by atoms with Crippen LogP contribution in [0.15, 0.2) is 60.3 Å². The van der Waals surface area contributed by atoms with Crippen LogP contribution in [-0.2, 0) is 4.79 Å². The van der Waals surface area contributed by atoms with Gasteiger partial charge in [-0.15, -0.1) is 0 Å². The molecule has 26 heavy (non-hydrogen) atoms. The standard InChI is InChI=1S/C13H14N2.C4H8N2O.C3H7N/c1-10-9-12(7-8-13(10)15-14)11-5-3-2-4-6-11;1-2-3(5)4(6)7;4-3-1-2-3/h2-9,15H,14H2,1H3;2H,5H2,1H3,(H2,6,7);3H,1-2,4H2/b;3-2-;. The molecule has 0 radical (unpaired) electrons. The van der Waals surface area contributed by atoms with E-state index in [9.17, 15) is 4.79 Å². The Morgan fingerprint density at radius 2 is 1.65 bits per heavy atom. The number of rotatable bonds is 3. The Morgan fingerprint density at radius 3 is 2.00 bits per heavy atom. The van der Waals surface area contributed by atoms with Crippen molar-refractivity contribution in [3.05, 3.63) is 65.9 Å². The molecule has 0 aliphatic heterocycles. The van der Waals surface area contributed by atoms with Gasteiger partial charge in [0.25, 0.3) is 5.91 Å². The lowest BCUT2D eigenvalue weighted by atomic mass is 10.0. The molecule has 6 nitrogen and oxygen atoms in total. The number of aryl methyl sites for hydroxylation is 1. The van der Waals surface area contributed by atoms with Crippen LogP contribution in [0.2, 0.25) is 0 Å². The highest BCUT2D eigenvalue weighted by Crippen LogP contribution is 2.23. The SMILES string of the molecule is C/C=C(\N)C(N)=O.Cc1cc(-c2ccccc2)ccc1NN.NC1CC1. The second-order valence-electron chi connectivity index (χ2n) is 5.99. The van der Waals surface area contributed by atoms with E-state index in [1.54, 1.807) is 6.92 Å². The second kappa shape index (κ2) is 10.9. The fraction of sp³-hybridized carbons (Fsp3) is 0.250. The lowest BCUT2D eigenvalue weighted by Gasteiger charge is -2.07. The predicted octanol–water partition coefficient (Wildman–Crippen LogP) is 2.39. The number of hydrogen-bond donors (Lipinski definition) is 5. The van der Waals surface area contributed by atoms with Crippen molar-refractivity contribution in [2.75, 3.05) is 5.43 Å². The summed E-state index contributed by atoms with van der Waals surface area (Å²) in [4.78, 5) is 9.96. The average Bonchev–Trinajstić information content (AvgIpc) is 3.44. The number of benzene rings is 2. The minimum atomic E-state index is -0.567. The van der Waals surface area contributed by atoms with Crippen LogP contribution in [0.4, 0.5) is 5.69 Å². The molecule has 140 valence electrons. The number of allylic oxidation sites excluding steroid dienone is 1. The van der Waals surface area contributed by atoms with Gasteiger partial charge in [0.05, 0.1) is 11.4 Å². The molecule has 0 heterocycles. The molecule has 1 saturated carbocycles. The molecular formula is C20H29N5O. The number of amides is 1. The van der Waals surface area contributed by atoms with E-state index in [1.165, 1.54) is 30.0 Å². The summed E-state index contributed by atoms with van der Waals surface area (Å²) in [6, 6.07) is 17.1. The normalized spacial score (nSPS) is 12.8. The third kappa shape index (κ3) is 7.83. The Balaban J connectivity index is 0.000000254. The number of hydrazine groups is 1. The molecule has 1 fully saturated rings. The Bertz CT molecular complexity index is 724. The molecule has 2 aromatic rings. The molecule has 3 rings (SSSR count). The van der Waals surface area contributed by atoms with Crippen LogP contribution in [0, 0.1) is 6.92 Å². The number of anilines is 1. The summed E-state index contributed by atoms with van der Waals surface area (Å²) in [5, 5.41) is 0. The number of primary amides is 1. The zero-order chi connectivity index (χ0) is 19.5. The first-order valence-corrected chi connectivity index (χ1v) is 8.48. The lowest BCUT2D eigenvalue weighted by Crippen LogP contribution is -2.19. The fourth-order valence-corrected chi connectivity index (χ4v) is 1.87. The first-order valence-electron chi connectivity index (χ1n) is 8.48. The first kappa shape index (κ1) is 21.2. The van der Waals surface area contributed by atoms with Crippen molar-refractivity contribution in [3.63, 3.8) is 0 Å². The van der Waals surface area contributed by atoms with Gasteiger partial charge in [-0.05, 0) is 55.5 Å². The van der Waals surface area contributed by atoms with Crippen molar-refractivity contribution >= 4 is 11.6 Å². The molecule has 0 saturated heterocycles. The lowest BCUT2D eigenvalue weighted by molar-refractivity contribution is -0.114. The summed E-state index contributed by atoms with van der Waals surface area (Å²) in [5.41, 5.74) is 22.3. The number of carbonyl (C=O) groups is 1. The fourth-order valence-electron chi connectivity index (χ4n) is 1.87. The van der Waals surface area contributed by atoms with Crippen LogP contribution < -0.4 is 28.5 Å². The quantitative estimate of drug-likeness (QED) is 0.327. The smallest absolute Gasteiger partial charge is 0.264 e. The molecule has 1 amide bonds. The summed E-state index contributed by atoms with van der Waals surface area (Å²) < 4.78 is 0. The van der Waals surface area contributed by atoms with E-state index in [1.807, 2.05) is 31.2 Å². The summed E-state index contributed by atoms with van der Waals surface area (Å²) in [6.45, 7) is 3.70. The van der Waals surface area contributed by atoms with Crippen LogP contribution in [-0.4, -0.2) is 11.9 Å². The van der Waals surface area contributed by atoms with Gasteiger partial charge >= 0.3 is 0 Å². The van der Waals surface area contributed by atoms with Crippen LogP contribution in [0.25, 0.3) is 11.1 Å². The van der Waals surface area contributed by atoms with Crippen LogP contribution >= 0.6 is 0 Å². The van der Waals surface area contributed by atoms with Gasteiger partial charge in [0.2, 0.25) is 0 Å². The van der Waals surface area contributed by atoms with E-state index >= 15 is 0 Å². The molecule has 0 bridgehead atoms. The maximum absolute atomic E-state index is 9.96. The molecule has 1 aliphatic rings. The minimum Gasteiger partial charge on any atom is -0.395 e. The van der Waals surface area contributed by atoms with Gasteiger partial charge in [-0.3, -0.25) is 10.6 Å². The third-order valence-electron chi connectivity index (χ3n) is 3.71. The predicted molar refractivity (Wildman–Crippen MR) is 109 cm³/mol. The highest BCUT2D eigenvalue weighted by atomic mass is 16.1. The molecule has 0 unspecified atom stereocenters. The van der Waals surface area contributed by atoms with Gasteiger partial charge in [-0.25, -0.2) is 0 Å². The Hall–Kier alpha value is -2.83. The zero-order valence-corrected chi connectivity index (χ0v) is 15.4. The van der Waals surface area contributed by atoms with Crippen molar-refractivity contribution in [2.45, 2.75) is 32.7 Å². The van der Waals surface area contributed by atoms with Crippen LogP contribution in [0.5, 0.6) is 0 Å². The van der Waals surface area contributed by atoms with Crippen molar-refractivity contribution in [3.8, 4) is 11.1 Å². The highest BCUT2D eigenvalue weighted by Gasteiger charge is 2.13. The first-order chi connectivity index (χ1) is 12.4. The van der Waals surface area contributed by atoms with Crippen molar-refractivity contribution in [1.29, 1.82) is 0 Å². The molecule has 0 aromatic heterocycles. The minimum absolute atomic E-state index is 0.111. The summed E-state index contributed by atoms with van der Waals surface area (Å²) in [6.07, 6.45) is 3.99. The Kier molecular flexibility index (Phi) is 8.91. The molecule has 0 atom stereocenters. The summed E-state index contributed by atoms with van der Waals surface area (Å²) in [5.74, 6) is 4.82. The van der Waals surface area contributed by atoms with E-state index in [0.29, 0.717) is 6.04 Å². The molecular weight excluding hydrogens is 326 g/mol. The van der Waals surface area contributed by atoms with Gasteiger partial charge < -0.3 is 22.6 Å². The van der Waals surface area contributed by atoms with E-state index in [2.05, 4.69) is 29.7 Å². The molecule has 9 N–H and O–H groups in total. The number of carbonyl (C=O) groups excluding carboxylic acids is 1. The van der Waals surface area contributed by atoms with E-state index < -0.39 is 5.91 Å². The van der Waals surface area contributed by atoms with E-state index in [0.717, 1.165) is 11.3 Å². The van der Waals surface area contributed by atoms with Gasteiger partial charge in [0.15, 0.2) is 0 Å². The van der Waals surface area contributed by atoms with Crippen LogP contribution in [0.1, 0.15) is 25.3 Å². The van der Waals surface area contributed by atoms with E-state index in [4.69, 9.17) is 23.0 Å². The topological polar surface area (TPSA) is 133 Å². The molecule has 0 spiro atoms. The maximum Gasteiger partial charge on any atom is 0.264 e. The van der Waals surface area contributed by atoms with Crippen molar-refractivity contribution < 1.29 is 4.79 Å². The van der Waals surface area contributed by atoms with Crippen LogP contribution in [0.3, 0.4) is 0 Å². The highest BCUT2D eigenvalue weighted by molar-refractivity contribution is 5.90. The zero-order valence-electron chi connectivity index (χ0n) is 15.4. The largest absolute Gasteiger partial charge is 0.395 e. The molecule has 2 aromatic carbocycles. The second-order valence-corrected chi connectivity index (χ2v) is 5.99. The monoisotopic (exact) mass is 355 g/mol. The number of nitrogens with one attached hydrogen (secondary N) is 1. The third-order valence-corrected chi connectivity index (χ3v) is 3.71. The molecule has 1 aliphatic carbocycles. The Labute approximate surface area is 155 Å². The van der Waals surface area contributed by atoms with Gasteiger partial charge in [0.1, 0.15) is 0 Å². The summed E-state index contributed by atoms with van der Waals surface area (Å²) in [7, 11) is 0. The molecule has 6 heteroatoms. The maximum atomic E-state index is 9.96. The van der Waals surface area contributed by atoms with Gasteiger partial charge in [-0.2, -0.15) is 0 Å². The average molecular weight is 355 g/mol. The Morgan fingerprint density at radius 1 is 1.08 bits per heavy atom. The summed E-state index contributed by atoms with van der Waals surface area (Å²) >= 11 is 0. The number of hydrogen-bond acceptors (Lipinski definition) is 5. The van der Waals surface area contributed by atoms with Crippen molar-refractivity contribution in [2.24, 2.45) is 23.0 Å².